The van der Waals surface area contributed by atoms with Gasteiger partial charge >= 0.3 is 0 Å². The standard InChI is InChI=1S/C18H26N2O3/c1-13-12-15(13)16-7-5-14(23-16)6-8-17(21)19-9-3-11-20-10-2-4-18(20)22/h5,7,13,15H,2-4,6,8-12H2,1H3,(H,19,21). The molecule has 5 heteroatoms. The third-order valence-corrected chi connectivity index (χ3v) is 4.85. The van der Waals surface area contributed by atoms with Gasteiger partial charge in [0.1, 0.15) is 11.5 Å². The molecule has 1 aliphatic carbocycles. The molecule has 2 aliphatic rings. The molecule has 0 bridgehead atoms. The molecular weight excluding hydrogens is 292 g/mol. The first-order valence-corrected chi connectivity index (χ1v) is 8.76. The van der Waals surface area contributed by atoms with Crippen molar-refractivity contribution in [2.24, 2.45) is 5.92 Å². The predicted molar refractivity (Wildman–Crippen MR) is 87.0 cm³/mol. The van der Waals surface area contributed by atoms with E-state index in [1.165, 1.54) is 6.42 Å². The Morgan fingerprint density at radius 2 is 2.26 bits per heavy atom. The number of nitrogens with one attached hydrogen (secondary N) is 1. The molecule has 1 aliphatic heterocycles. The molecular formula is C18H26N2O3. The Labute approximate surface area is 137 Å². The zero-order valence-corrected chi connectivity index (χ0v) is 13.8. The van der Waals surface area contributed by atoms with Gasteiger partial charge < -0.3 is 14.6 Å². The summed E-state index contributed by atoms with van der Waals surface area (Å²) in [6.45, 7) is 4.48. The monoisotopic (exact) mass is 318 g/mol. The quantitative estimate of drug-likeness (QED) is 0.749. The molecule has 1 saturated heterocycles. The molecule has 2 atom stereocenters. The van der Waals surface area contributed by atoms with Crippen LogP contribution in [0.2, 0.25) is 0 Å². The van der Waals surface area contributed by atoms with Crippen molar-refractivity contribution in [2.75, 3.05) is 19.6 Å². The number of amides is 2. The second-order valence-electron chi connectivity index (χ2n) is 6.81. The van der Waals surface area contributed by atoms with E-state index in [0.717, 1.165) is 43.4 Å². The highest BCUT2D eigenvalue weighted by molar-refractivity contribution is 5.78. The van der Waals surface area contributed by atoms with Crippen LogP contribution in [0.25, 0.3) is 0 Å². The Hall–Kier alpha value is -1.78. The first kappa shape index (κ1) is 16.1. The van der Waals surface area contributed by atoms with E-state index in [9.17, 15) is 9.59 Å². The van der Waals surface area contributed by atoms with Gasteiger partial charge in [0.2, 0.25) is 11.8 Å². The molecule has 1 N–H and O–H groups in total. The summed E-state index contributed by atoms with van der Waals surface area (Å²) in [5, 5.41) is 2.92. The molecule has 0 aromatic carbocycles. The van der Waals surface area contributed by atoms with Crippen molar-refractivity contribution in [3.05, 3.63) is 23.7 Å². The van der Waals surface area contributed by atoms with Gasteiger partial charge in [0, 0.05) is 44.8 Å². The maximum atomic E-state index is 11.8. The van der Waals surface area contributed by atoms with Crippen LogP contribution in [0, 0.1) is 5.92 Å². The van der Waals surface area contributed by atoms with E-state index in [-0.39, 0.29) is 11.8 Å². The molecule has 1 aromatic heterocycles. The number of nitrogens with zero attached hydrogens (tertiary/aromatic N) is 1. The average molecular weight is 318 g/mol. The molecule has 0 radical (unpaired) electrons. The van der Waals surface area contributed by atoms with Gasteiger partial charge in [-0.3, -0.25) is 9.59 Å². The summed E-state index contributed by atoms with van der Waals surface area (Å²) in [6, 6.07) is 4.04. The molecule has 1 saturated carbocycles. The Morgan fingerprint density at radius 1 is 1.43 bits per heavy atom. The lowest BCUT2D eigenvalue weighted by Crippen LogP contribution is -2.30. The average Bonchev–Trinajstić information content (AvgIpc) is 2.93. The fraction of sp³-hybridized carbons (Fsp3) is 0.667. The van der Waals surface area contributed by atoms with Crippen LogP contribution in [0.4, 0.5) is 0 Å². The van der Waals surface area contributed by atoms with Gasteiger partial charge in [0.05, 0.1) is 0 Å². The molecule has 5 nitrogen and oxygen atoms in total. The van der Waals surface area contributed by atoms with Crippen LogP contribution in [0.3, 0.4) is 0 Å². The zero-order valence-electron chi connectivity index (χ0n) is 13.8. The van der Waals surface area contributed by atoms with E-state index < -0.39 is 0 Å². The van der Waals surface area contributed by atoms with E-state index in [1.54, 1.807) is 0 Å². The first-order chi connectivity index (χ1) is 11.1. The Kier molecular flexibility index (Phi) is 5.03. The summed E-state index contributed by atoms with van der Waals surface area (Å²) in [5.74, 6) is 3.59. The largest absolute Gasteiger partial charge is 0.466 e. The molecule has 2 heterocycles. The minimum Gasteiger partial charge on any atom is -0.466 e. The Bertz CT molecular complexity index is 566. The van der Waals surface area contributed by atoms with E-state index in [2.05, 4.69) is 18.3 Å². The maximum Gasteiger partial charge on any atom is 0.222 e. The summed E-state index contributed by atoms with van der Waals surface area (Å²) in [7, 11) is 0. The molecule has 3 rings (SSSR count). The van der Waals surface area contributed by atoms with Crippen LogP contribution in [0.15, 0.2) is 16.5 Å². The minimum atomic E-state index is 0.0514. The summed E-state index contributed by atoms with van der Waals surface area (Å²) in [4.78, 5) is 25.2. The number of rotatable bonds is 8. The van der Waals surface area contributed by atoms with Crippen LogP contribution < -0.4 is 5.32 Å². The van der Waals surface area contributed by atoms with E-state index in [0.29, 0.717) is 31.7 Å². The fourth-order valence-corrected chi connectivity index (χ4v) is 3.21. The SMILES string of the molecule is CC1CC1c1ccc(CCC(=O)NCCCN2CCCC2=O)o1. The molecule has 23 heavy (non-hydrogen) atoms. The van der Waals surface area contributed by atoms with E-state index in [4.69, 9.17) is 4.42 Å². The number of hydrogen-bond acceptors (Lipinski definition) is 3. The van der Waals surface area contributed by atoms with Crippen molar-refractivity contribution in [1.82, 2.24) is 10.2 Å². The van der Waals surface area contributed by atoms with Gasteiger partial charge in [-0.05, 0) is 37.3 Å². The number of carbonyl (C=O) groups is 2. The third-order valence-electron chi connectivity index (χ3n) is 4.85. The lowest BCUT2D eigenvalue weighted by Gasteiger charge is -2.15. The Morgan fingerprint density at radius 3 is 2.96 bits per heavy atom. The van der Waals surface area contributed by atoms with Crippen molar-refractivity contribution in [1.29, 1.82) is 0 Å². The minimum absolute atomic E-state index is 0.0514. The zero-order chi connectivity index (χ0) is 16.2. The van der Waals surface area contributed by atoms with Gasteiger partial charge in [0.25, 0.3) is 0 Å². The summed E-state index contributed by atoms with van der Waals surface area (Å²) < 4.78 is 5.81. The molecule has 2 amide bonds. The van der Waals surface area contributed by atoms with E-state index >= 15 is 0 Å². The molecule has 126 valence electrons. The Balaban J connectivity index is 1.29. The second kappa shape index (κ2) is 7.20. The lowest BCUT2D eigenvalue weighted by molar-refractivity contribution is -0.127. The molecule has 1 aromatic rings. The first-order valence-electron chi connectivity index (χ1n) is 8.76. The van der Waals surface area contributed by atoms with Gasteiger partial charge in [-0.25, -0.2) is 0 Å². The van der Waals surface area contributed by atoms with Crippen molar-refractivity contribution in [3.63, 3.8) is 0 Å². The highest BCUT2D eigenvalue weighted by Gasteiger charge is 2.36. The number of likely N-dealkylation sites (tertiary alicyclic amines) is 1. The van der Waals surface area contributed by atoms with Gasteiger partial charge in [-0.2, -0.15) is 0 Å². The summed E-state index contributed by atoms with van der Waals surface area (Å²) in [5.41, 5.74) is 0. The van der Waals surface area contributed by atoms with Crippen molar-refractivity contribution in [2.45, 2.75) is 51.4 Å². The van der Waals surface area contributed by atoms with Gasteiger partial charge in [-0.1, -0.05) is 6.92 Å². The summed E-state index contributed by atoms with van der Waals surface area (Å²) >= 11 is 0. The summed E-state index contributed by atoms with van der Waals surface area (Å²) in [6.07, 6.45) is 4.79. The number of hydrogen-bond donors (Lipinski definition) is 1. The fourth-order valence-electron chi connectivity index (χ4n) is 3.21. The van der Waals surface area contributed by atoms with Crippen molar-refractivity contribution >= 4 is 11.8 Å². The van der Waals surface area contributed by atoms with E-state index in [1.807, 2.05) is 11.0 Å². The number of furan rings is 1. The predicted octanol–water partition coefficient (Wildman–Crippen LogP) is 2.46. The van der Waals surface area contributed by atoms with Crippen LogP contribution in [-0.2, 0) is 16.0 Å². The van der Waals surface area contributed by atoms with Crippen LogP contribution in [0.1, 0.15) is 56.5 Å². The second-order valence-corrected chi connectivity index (χ2v) is 6.81. The lowest BCUT2D eigenvalue weighted by atomic mass is 10.2. The molecule has 0 spiro atoms. The van der Waals surface area contributed by atoms with Gasteiger partial charge in [0.15, 0.2) is 0 Å². The van der Waals surface area contributed by atoms with Crippen molar-refractivity contribution < 1.29 is 14.0 Å². The van der Waals surface area contributed by atoms with Gasteiger partial charge in [-0.15, -0.1) is 0 Å². The normalized spacial score (nSPS) is 23.3. The highest BCUT2D eigenvalue weighted by Crippen LogP contribution is 2.47. The van der Waals surface area contributed by atoms with Crippen LogP contribution in [-0.4, -0.2) is 36.3 Å². The topological polar surface area (TPSA) is 62.6 Å². The molecule has 2 fully saturated rings. The van der Waals surface area contributed by atoms with Crippen molar-refractivity contribution in [3.8, 4) is 0 Å². The molecule has 2 unspecified atom stereocenters. The number of carbonyl (C=O) groups excluding carboxylic acids is 2. The van der Waals surface area contributed by atoms with Crippen LogP contribution in [0.5, 0.6) is 0 Å². The third kappa shape index (κ3) is 4.36. The smallest absolute Gasteiger partial charge is 0.222 e. The number of aryl methyl sites for hydroxylation is 1. The van der Waals surface area contributed by atoms with Crippen LogP contribution >= 0.6 is 0 Å². The highest BCUT2D eigenvalue weighted by atomic mass is 16.3. The maximum absolute atomic E-state index is 11.8.